The second-order valence-corrected chi connectivity index (χ2v) is 35.9. The quantitative estimate of drug-likeness (QED) is 0.157. The maximum Gasteiger partial charge on any atom is 0.253 e. The Balaban J connectivity index is 1.18. The summed E-state index contributed by atoms with van der Waals surface area (Å²) in [7, 11) is -3.24. The summed E-state index contributed by atoms with van der Waals surface area (Å²) < 4.78 is 8.30. The van der Waals surface area contributed by atoms with E-state index in [1.54, 1.807) is 15.6 Å². The van der Waals surface area contributed by atoms with Crippen LogP contribution >= 0.6 is 0 Å². The highest BCUT2D eigenvalue weighted by Gasteiger charge is 2.57. The van der Waals surface area contributed by atoms with Gasteiger partial charge in [-0.05, 0) is 175 Å². The minimum Gasteiger partial charge on any atom is -0.310 e. The molecule has 4 aliphatic rings. The molecule has 5 heteroatoms. The summed E-state index contributed by atoms with van der Waals surface area (Å²) in [6.07, 6.45) is 0. The molecule has 0 aliphatic carbocycles. The number of aromatic nitrogens is 3. The Hall–Kier alpha value is -7.34. The molecule has 85 heavy (non-hydrogen) atoms. The van der Waals surface area contributed by atoms with Crippen LogP contribution in [0.5, 0.6) is 0 Å². The van der Waals surface area contributed by atoms with Crippen molar-refractivity contribution in [3.8, 4) is 28.2 Å². The Bertz CT molecular complexity index is 4950. The van der Waals surface area contributed by atoms with Crippen LogP contribution in [0.2, 0.25) is 0 Å². The smallest absolute Gasteiger partial charge is 0.253 e. The van der Waals surface area contributed by atoms with Gasteiger partial charge in [-0.25, -0.2) is 0 Å². The third-order valence-electron chi connectivity index (χ3n) is 21.1. The second-order valence-electron chi connectivity index (χ2n) is 32.2. The molecule has 16 rings (SSSR count). The summed E-state index contributed by atoms with van der Waals surface area (Å²) in [5.74, 6) is 0.742. The van der Waals surface area contributed by atoms with Crippen molar-refractivity contribution in [2.75, 3.05) is 0 Å². The molecular formula is C80H82BN3Si. The summed E-state index contributed by atoms with van der Waals surface area (Å²) in [4.78, 5) is 0. The van der Waals surface area contributed by atoms with Gasteiger partial charge in [0.05, 0.1) is 27.6 Å². The molecule has 7 heterocycles. The molecule has 0 unspecified atom stereocenters. The highest BCUT2D eigenvalue weighted by Crippen LogP contribution is 2.48. The van der Waals surface area contributed by atoms with Crippen molar-refractivity contribution in [2.45, 2.75) is 170 Å². The Labute approximate surface area is 505 Å². The number of hydrogen-bond donors (Lipinski definition) is 0. The van der Waals surface area contributed by atoms with Crippen molar-refractivity contribution in [2.24, 2.45) is 0 Å². The summed E-state index contributed by atoms with van der Waals surface area (Å²) in [6.45, 7) is 45.4. The lowest BCUT2D eigenvalue weighted by Gasteiger charge is -2.43. The molecule has 0 radical (unpaired) electrons. The maximum atomic E-state index is 2.87. The molecule has 0 atom stereocenters. The van der Waals surface area contributed by atoms with Gasteiger partial charge in [0.25, 0.3) is 6.71 Å². The van der Waals surface area contributed by atoms with Gasteiger partial charge in [0.15, 0.2) is 8.07 Å². The molecule has 424 valence electrons. The summed E-state index contributed by atoms with van der Waals surface area (Å²) in [5, 5.41) is 14.3. The molecule has 0 saturated carbocycles. The molecule has 4 aliphatic heterocycles. The van der Waals surface area contributed by atoms with E-state index in [1.165, 1.54) is 154 Å². The van der Waals surface area contributed by atoms with E-state index >= 15 is 0 Å². The zero-order valence-corrected chi connectivity index (χ0v) is 54.9. The van der Waals surface area contributed by atoms with Crippen LogP contribution in [0.25, 0.3) is 93.6 Å². The molecular weight excluding hydrogens is 1040 g/mol. The van der Waals surface area contributed by atoms with Crippen LogP contribution in [0.15, 0.2) is 140 Å². The van der Waals surface area contributed by atoms with Crippen LogP contribution < -0.4 is 37.1 Å². The largest absolute Gasteiger partial charge is 0.310 e. The Morgan fingerprint density at radius 2 is 0.847 bits per heavy atom. The van der Waals surface area contributed by atoms with E-state index in [-0.39, 0.29) is 33.8 Å². The van der Waals surface area contributed by atoms with Gasteiger partial charge in [0.1, 0.15) is 0 Å². The Morgan fingerprint density at radius 3 is 1.40 bits per heavy atom. The fourth-order valence-electron chi connectivity index (χ4n) is 16.3. The average Bonchev–Trinajstić information content (AvgIpc) is 1.55. The molecule has 9 aromatic carbocycles. The predicted molar refractivity (Wildman–Crippen MR) is 372 cm³/mol. The summed E-state index contributed by atoms with van der Waals surface area (Å²) in [5.41, 5.74) is 28.6. The molecule has 3 aromatic heterocycles. The summed E-state index contributed by atoms with van der Waals surface area (Å²) in [6, 6.07) is 58.5. The van der Waals surface area contributed by atoms with Crippen LogP contribution in [0.3, 0.4) is 0 Å². The molecule has 0 fully saturated rings. The number of rotatable bonds is 3. The highest BCUT2D eigenvalue weighted by molar-refractivity contribution is 7.24. The lowest BCUT2D eigenvalue weighted by Crippen LogP contribution is -2.77. The van der Waals surface area contributed by atoms with Crippen LogP contribution in [-0.4, -0.2) is 28.5 Å². The van der Waals surface area contributed by atoms with E-state index in [4.69, 9.17) is 0 Å². The van der Waals surface area contributed by atoms with Crippen molar-refractivity contribution in [3.63, 3.8) is 0 Å². The molecule has 12 aromatic rings. The Kier molecular flexibility index (Phi) is 10.4. The van der Waals surface area contributed by atoms with E-state index in [9.17, 15) is 0 Å². The van der Waals surface area contributed by atoms with Gasteiger partial charge in [0, 0.05) is 54.9 Å². The van der Waals surface area contributed by atoms with E-state index in [0.29, 0.717) is 11.8 Å². The maximum absolute atomic E-state index is 3.24. The Morgan fingerprint density at radius 1 is 0.353 bits per heavy atom. The fourth-order valence-corrected chi connectivity index (χ4v) is 22.0. The minimum absolute atomic E-state index is 0.0308. The third kappa shape index (κ3) is 6.86. The van der Waals surface area contributed by atoms with Crippen LogP contribution in [0.4, 0.5) is 0 Å². The second kappa shape index (κ2) is 16.6. The lowest BCUT2D eigenvalue weighted by molar-refractivity contribution is 0.590. The van der Waals surface area contributed by atoms with Gasteiger partial charge in [-0.15, -0.1) is 0 Å². The van der Waals surface area contributed by atoms with Crippen LogP contribution in [0.1, 0.15) is 182 Å². The lowest BCUT2D eigenvalue weighted by atomic mass is 9.33. The molecule has 0 amide bonds. The topological polar surface area (TPSA) is 14.8 Å². The van der Waals surface area contributed by atoms with Crippen molar-refractivity contribution in [1.29, 1.82) is 0 Å². The number of fused-ring (bicyclic) bond motifs is 18. The van der Waals surface area contributed by atoms with Crippen molar-refractivity contribution >= 4 is 117 Å². The normalized spacial score (nSPS) is 15.0. The van der Waals surface area contributed by atoms with Gasteiger partial charge in [0.2, 0.25) is 0 Å². The molecule has 0 saturated heterocycles. The van der Waals surface area contributed by atoms with E-state index in [0.717, 1.165) is 0 Å². The molecule has 3 nitrogen and oxygen atoms in total. The first-order chi connectivity index (χ1) is 40.0. The van der Waals surface area contributed by atoms with Gasteiger partial charge in [-0.1, -0.05) is 223 Å². The zero-order valence-electron chi connectivity index (χ0n) is 53.9. The van der Waals surface area contributed by atoms with Gasteiger partial charge >= 0.3 is 0 Å². The first-order valence-electron chi connectivity index (χ1n) is 31.8. The number of hydrogen-bond acceptors (Lipinski definition) is 0. The van der Waals surface area contributed by atoms with Gasteiger partial charge < -0.3 is 13.7 Å². The first kappa shape index (κ1) is 53.2. The molecule has 1 spiro atoms. The average molecular weight is 1120 g/mol. The zero-order chi connectivity index (χ0) is 59.6. The monoisotopic (exact) mass is 1120 g/mol. The number of benzene rings is 9. The SMILES string of the molecule is CC(C)c1ccc2c3c4c5c(cc3n(-c3ccc(C(C)(C)C)cc3)c2c1)c1ccc(C(C)C)cc1n5-c1ccc2c3c1B4c1cc(C(C)(C)C)cc4c5cc(C(C)(C)C)cc(c5n-3c14)[Si]21c2cc(C(C)(C)C)ccc2-c2ccc(C(C)(C)C)cc21. The van der Waals surface area contributed by atoms with Crippen molar-refractivity contribution in [3.05, 3.63) is 178 Å². The molecule has 0 bridgehead atoms. The van der Waals surface area contributed by atoms with Crippen LogP contribution in [-0.2, 0) is 27.1 Å². The first-order valence-corrected chi connectivity index (χ1v) is 33.8. The van der Waals surface area contributed by atoms with Crippen molar-refractivity contribution in [1.82, 2.24) is 13.7 Å². The third-order valence-corrected chi connectivity index (χ3v) is 26.0. The number of nitrogens with zero attached hydrogens (tertiary/aromatic N) is 3. The highest BCUT2D eigenvalue weighted by atomic mass is 28.3. The van der Waals surface area contributed by atoms with Crippen LogP contribution in [0, 0.1) is 0 Å². The minimum atomic E-state index is -3.24. The van der Waals surface area contributed by atoms with Crippen molar-refractivity contribution < 1.29 is 0 Å². The van der Waals surface area contributed by atoms with E-state index < -0.39 is 8.07 Å². The standard InChI is InChI=1S/C80H82BN3Si/c1-43(2)45-20-28-53-59-42-64-69(56-29-21-46(44(3)4)35-63(56)82(64)52-26-22-47(23-27-52)76(5,6)7)71-74(59)83(62(53)34-45)61-32-33-65-75-70(61)81(71)60-38-50(79(14,15)16)36-57-58-37-51(80(17,18)19)41-68(73(58)84(75)72(57)60)85(65)66-39-48(77(8,9)10)24-30-54(66)55-31-25-49(40-67(55)85)78(11,12)13/h20-44H,1-19H3. The van der Waals surface area contributed by atoms with E-state index in [1.807, 2.05) is 0 Å². The van der Waals surface area contributed by atoms with E-state index in [2.05, 4.69) is 285 Å². The van der Waals surface area contributed by atoms with Gasteiger partial charge in [-0.3, -0.25) is 0 Å². The molecule has 0 N–H and O–H groups in total. The summed E-state index contributed by atoms with van der Waals surface area (Å²) >= 11 is 0. The predicted octanol–water partition coefficient (Wildman–Crippen LogP) is 16.5. The van der Waals surface area contributed by atoms with Gasteiger partial charge in [-0.2, -0.15) is 0 Å². The fraction of sp³-hybridized carbons (Fsp3) is 0.325.